The number of rotatable bonds is 13. The van der Waals surface area contributed by atoms with Gasteiger partial charge in [0.05, 0.1) is 14.2 Å². The van der Waals surface area contributed by atoms with Crippen LogP contribution in [0, 0.1) is 0 Å². The zero-order valence-electron chi connectivity index (χ0n) is 15.8. The maximum Gasteiger partial charge on any atom is 0.169 e. The predicted molar refractivity (Wildman–Crippen MR) is 96.9 cm³/mol. The Labute approximate surface area is 146 Å². The molecule has 0 radical (unpaired) electrons. The summed E-state index contributed by atoms with van der Waals surface area (Å²) in [5, 5.41) is 3.58. The molecule has 138 valence electrons. The van der Waals surface area contributed by atoms with Crippen molar-refractivity contribution in [3.63, 3.8) is 0 Å². The fourth-order valence-electron chi connectivity index (χ4n) is 2.64. The van der Waals surface area contributed by atoms with Gasteiger partial charge in [-0.15, -0.1) is 0 Å². The molecule has 0 heterocycles. The standard InChI is InChI=1S/C19H33NO4/c1-6-9-10-16(20-14-19(23-7-2)24-8-3)15-11-12-17(21-4)18(13-15)22-5/h11-13,16,19-20H,6-10,14H2,1-5H3/t16-/m0/s1. The third kappa shape index (κ3) is 6.67. The molecule has 5 nitrogen and oxygen atoms in total. The topological polar surface area (TPSA) is 49.0 Å². The van der Waals surface area contributed by atoms with E-state index in [2.05, 4.69) is 18.3 Å². The van der Waals surface area contributed by atoms with E-state index in [0.717, 1.165) is 30.8 Å². The highest BCUT2D eigenvalue weighted by atomic mass is 16.7. The molecule has 1 atom stereocenters. The van der Waals surface area contributed by atoms with Crippen LogP contribution < -0.4 is 14.8 Å². The molecule has 0 bridgehead atoms. The van der Waals surface area contributed by atoms with Crippen LogP contribution in [0.2, 0.25) is 0 Å². The van der Waals surface area contributed by atoms with E-state index in [4.69, 9.17) is 18.9 Å². The number of unbranched alkanes of at least 4 members (excludes halogenated alkanes) is 1. The van der Waals surface area contributed by atoms with Crippen molar-refractivity contribution in [1.29, 1.82) is 0 Å². The van der Waals surface area contributed by atoms with Crippen molar-refractivity contribution in [3.05, 3.63) is 23.8 Å². The molecular formula is C19H33NO4. The van der Waals surface area contributed by atoms with Crippen molar-refractivity contribution in [2.24, 2.45) is 0 Å². The number of nitrogens with one attached hydrogen (secondary N) is 1. The monoisotopic (exact) mass is 339 g/mol. The first-order chi connectivity index (χ1) is 11.7. The minimum absolute atomic E-state index is 0.218. The van der Waals surface area contributed by atoms with Crippen LogP contribution in [0.25, 0.3) is 0 Å². The van der Waals surface area contributed by atoms with Crippen LogP contribution in [0.15, 0.2) is 18.2 Å². The first kappa shape index (κ1) is 20.7. The van der Waals surface area contributed by atoms with E-state index in [1.54, 1.807) is 14.2 Å². The lowest BCUT2D eigenvalue weighted by molar-refractivity contribution is -0.133. The van der Waals surface area contributed by atoms with Gasteiger partial charge < -0.3 is 24.3 Å². The Hall–Kier alpha value is -1.30. The summed E-state index contributed by atoms with van der Waals surface area (Å²) < 4.78 is 22.0. The maximum absolute atomic E-state index is 5.63. The highest BCUT2D eigenvalue weighted by molar-refractivity contribution is 5.43. The molecule has 1 aromatic rings. The summed E-state index contributed by atoms with van der Waals surface area (Å²) in [5.74, 6) is 1.50. The van der Waals surface area contributed by atoms with E-state index in [0.29, 0.717) is 19.8 Å². The lowest BCUT2D eigenvalue weighted by Crippen LogP contribution is -2.34. The van der Waals surface area contributed by atoms with Gasteiger partial charge in [-0.25, -0.2) is 0 Å². The lowest BCUT2D eigenvalue weighted by atomic mass is 10.0. The van der Waals surface area contributed by atoms with Gasteiger partial charge in [-0.2, -0.15) is 0 Å². The molecule has 0 saturated heterocycles. The molecule has 1 N–H and O–H groups in total. The maximum atomic E-state index is 5.63. The average molecular weight is 339 g/mol. The van der Waals surface area contributed by atoms with Crippen LogP contribution >= 0.6 is 0 Å². The van der Waals surface area contributed by atoms with Crippen LogP contribution in [0.3, 0.4) is 0 Å². The molecule has 0 aromatic heterocycles. The van der Waals surface area contributed by atoms with Crippen molar-refractivity contribution in [1.82, 2.24) is 5.32 Å². The smallest absolute Gasteiger partial charge is 0.169 e. The van der Waals surface area contributed by atoms with Gasteiger partial charge in [-0.3, -0.25) is 0 Å². The highest BCUT2D eigenvalue weighted by Crippen LogP contribution is 2.31. The Morgan fingerprint density at radius 3 is 2.17 bits per heavy atom. The Morgan fingerprint density at radius 1 is 0.958 bits per heavy atom. The van der Waals surface area contributed by atoms with Crippen LogP contribution in [-0.2, 0) is 9.47 Å². The van der Waals surface area contributed by atoms with Crippen molar-refractivity contribution in [2.45, 2.75) is 52.4 Å². The van der Waals surface area contributed by atoms with Gasteiger partial charge in [0.1, 0.15) is 0 Å². The molecule has 0 spiro atoms. The molecule has 0 fully saturated rings. The van der Waals surface area contributed by atoms with Gasteiger partial charge in [0, 0.05) is 25.8 Å². The number of methoxy groups -OCH3 is 2. The predicted octanol–water partition coefficient (Wildman–Crippen LogP) is 3.92. The first-order valence-electron chi connectivity index (χ1n) is 8.88. The minimum atomic E-state index is -0.218. The Balaban J connectivity index is 2.83. The summed E-state index contributed by atoms with van der Waals surface area (Å²) in [7, 11) is 3.31. The van der Waals surface area contributed by atoms with Gasteiger partial charge in [0.2, 0.25) is 0 Å². The van der Waals surface area contributed by atoms with E-state index in [-0.39, 0.29) is 12.3 Å². The summed E-state index contributed by atoms with van der Waals surface area (Å²) in [5.41, 5.74) is 1.19. The second-order valence-corrected chi connectivity index (χ2v) is 5.56. The van der Waals surface area contributed by atoms with Crippen LogP contribution in [0.1, 0.15) is 51.6 Å². The molecular weight excluding hydrogens is 306 g/mol. The molecule has 0 saturated carbocycles. The fourth-order valence-corrected chi connectivity index (χ4v) is 2.64. The third-order valence-electron chi connectivity index (χ3n) is 3.89. The summed E-state index contributed by atoms with van der Waals surface area (Å²) in [6.45, 7) is 8.10. The number of ether oxygens (including phenoxy) is 4. The van der Waals surface area contributed by atoms with E-state index < -0.39 is 0 Å². The van der Waals surface area contributed by atoms with E-state index in [1.165, 1.54) is 5.56 Å². The first-order valence-corrected chi connectivity index (χ1v) is 8.88. The highest BCUT2D eigenvalue weighted by Gasteiger charge is 2.16. The third-order valence-corrected chi connectivity index (χ3v) is 3.89. The van der Waals surface area contributed by atoms with Crippen LogP contribution in [-0.4, -0.2) is 40.3 Å². The normalized spacial score (nSPS) is 12.4. The van der Waals surface area contributed by atoms with E-state index in [9.17, 15) is 0 Å². The second-order valence-electron chi connectivity index (χ2n) is 5.56. The molecule has 1 rings (SSSR count). The summed E-state index contributed by atoms with van der Waals surface area (Å²) >= 11 is 0. The number of benzene rings is 1. The van der Waals surface area contributed by atoms with Gasteiger partial charge >= 0.3 is 0 Å². The Morgan fingerprint density at radius 2 is 1.62 bits per heavy atom. The summed E-state index contributed by atoms with van der Waals surface area (Å²) in [4.78, 5) is 0. The van der Waals surface area contributed by atoms with Gasteiger partial charge in [-0.05, 0) is 38.0 Å². The quantitative estimate of drug-likeness (QED) is 0.552. The molecule has 0 aliphatic carbocycles. The van der Waals surface area contributed by atoms with Crippen molar-refractivity contribution >= 4 is 0 Å². The summed E-state index contributed by atoms with van der Waals surface area (Å²) in [6.07, 6.45) is 3.15. The largest absolute Gasteiger partial charge is 0.493 e. The molecule has 0 unspecified atom stereocenters. The molecule has 0 amide bonds. The SMILES string of the molecule is CCCC[C@H](NCC(OCC)OCC)c1ccc(OC)c(OC)c1. The number of hydrogen-bond donors (Lipinski definition) is 1. The Bertz CT molecular complexity index is 447. The minimum Gasteiger partial charge on any atom is -0.493 e. The molecule has 0 aliphatic heterocycles. The molecule has 1 aromatic carbocycles. The fraction of sp³-hybridized carbons (Fsp3) is 0.684. The molecule has 24 heavy (non-hydrogen) atoms. The average Bonchev–Trinajstić information content (AvgIpc) is 2.61. The van der Waals surface area contributed by atoms with Gasteiger partial charge in [-0.1, -0.05) is 25.8 Å². The van der Waals surface area contributed by atoms with Crippen LogP contribution in [0.5, 0.6) is 11.5 Å². The Kier molecular flexibility index (Phi) is 10.5. The molecule has 0 aliphatic rings. The van der Waals surface area contributed by atoms with E-state index in [1.807, 2.05) is 26.0 Å². The van der Waals surface area contributed by atoms with E-state index >= 15 is 0 Å². The lowest BCUT2D eigenvalue weighted by Gasteiger charge is -2.24. The number of hydrogen-bond acceptors (Lipinski definition) is 5. The van der Waals surface area contributed by atoms with Crippen molar-refractivity contribution in [2.75, 3.05) is 34.0 Å². The van der Waals surface area contributed by atoms with Crippen LogP contribution in [0.4, 0.5) is 0 Å². The van der Waals surface area contributed by atoms with Gasteiger partial charge in [0.15, 0.2) is 17.8 Å². The van der Waals surface area contributed by atoms with Crippen molar-refractivity contribution < 1.29 is 18.9 Å². The van der Waals surface area contributed by atoms with Crippen molar-refractivity contribution in [3.8, 4) is 11.5 Å². The molecule has 5 heteroatoms. The second kappa shape index (κ2) is 12.1. The summed E-state index contributed by atoms with van der Waals surface area (Å²) in [6, 6.07) is 6.32. The zero-order valence-corrected chi connectivity index (χ0v) is 15.8. The van der Waals surface area contributed by atoms with Gasteiger partial charge in [0.25, 0.3) is 0 Å². The zero-order chi connectivity index (χ0) is 17.8.